The van der Waals surface area contributed by atoms with Crippen LogP contribution in [0.5, 0.6) is 0 Å². The summed E-state index contributed by atoms with van der Waals surface area (Å²) in [6.45, 7) is 1.59. The van der Waals surface area contributed by atoms with Gasteiger partial charge in [0.1, 0.15) is 6.04 Å². The summed E-state index contributed by atoms with van der Waals surface area (Å²) in [5.74, 6) is -0.800. The highest BCUT2D eigenvalue weighted by molar-refractivity contribution is 7.15. The van der Waals surface area contributed by atoms with Crippen LogP contribution in [0.2, 0.25) is 15.1 Å². The Labute approximate surface area is 187 Å². The van der Waals surface area contributed by atoms with Crippen molar-refractivity contribution in [2.45, 2.75) is 19.4 Å². The highest BCUT2D eigenvalue weighted by Gasteiger charge is 2.19. The van der Waals surface area contributed by atoms with Crippen LogP contribution in [0.3, 0.4) is 0 Å². The molecule has 0 bridgehead atoms. The Bertz CT molecular complexity index is 1050. The predicted octanol–water partition coefficient (Wildman–Crippen LogP) is 5.45. The smallest absolute Gasteiger partial charge is 0.253 e. The van der Waals surface area contributed by atoms with Gasteiger partial charge < -0.3 is 10.6 Å². The van der Waals surface area contributed by atoms with Gasteiger partial charge in [-0.15, -0.1) is 11.3 Å². The first-order valence-electron chi connectivity index (χ1n) is 8.58. The molecule has 1 heterocycles. The Balaban J connectivity index is 1.59. The molecule has 1 atom stereocenters. The maximum atomic E-state index is 12.4. The molecule has 0 aliphatic rings. The highest BCUT2D eigenvalue weighted by Crippen LogP contribution is 2.27. The zero-order valence-electron chi connectivity index (χ0n) is 15.2. The van der Waals surface area contributed by atoms with Crippen LogP contribution >= 0.6 is 46.1 Å². The van der Waals surface area contributed by atoms with E-state index < -0.39 is 11.9 Å². The average molecular weight is 469 g/mol. The number of halogens is 3. The van der Waals surface area contributed by atoms with Gasteiger partial charge in [-0.05, 0) is 36.8 Å². The predicted molar refractivity (Wildman–Crippen MR) is 118 cm³/mol. The van der Waals surface area contributed by atoms with Crippen LogP contribution in [0.25, 0.3) is 0 Å². The highest BCUT2D eigenvalue weighted by atomic mass is 35.5. The van der Waals surface area contributed by atoms with Crippen molar-refractivity contribution in [1.29, 1.82) is 0 Å². The number of anilines is 1. The summed E-state index contributed by atoms with van der Waals surface area (Å²) < 4.78 is 0. The average Bonchev–Trinajstić information content (AvgIpc) is 3.11. The molecule has 1 aromatic heterocycles. The second-order valence-corrected chi connectivity index (χ2v) is 8.57. The van der Waals surface area contributed by atoms with Gasteiger partial charge in [-0.3, -0.25) is 9.59 Å². The van der Waals surface area contributed by atoms with Gasteiger partial charge in [0.25, 0.3) is 5.91 Å². The van der Waals surface area contributed by atoms with Gasteiger partial charge in [-0.2, -0.15) is 0 Å². The van der Waals surface area contributed by atoms with Gasteiger partial charge >= 0.3 is 0 Å². The Morgan fingerprint density at radius 2 is 1.86 bits per heavy atom. The third-order valence-electron chi connectivity index (χ3n) is 4.02. The van der Waals surface area contributed by atoms with Gasteiger partial charge in [-0.1, -0.05) is 53.0 Å². The molecule has 0 fully saturated rings. The van der Waals surface area contributed by atoms with E-state index in [0.29, 0.717) is 32.2 Å². The fourth-order valence-electron chi connectivity index (χ4n) is 2.50. The molecule has 1 unspecified atom stereocenters. The summed E-state index contributed by atoms with van der Waals surface area (Å²) in [5, 5.41) is 7.25. The maximum Gasteiger partial charge on any atom is 0.253 e. The third kappa shape index (κ3) is 5.70. The molecule has 2 N–H and O–H groups in total. The molecule has 5 nitrogen and oxygen atoms in total. The Morgan fingerprint density at radius 3 is 2.59 bits per heavy atom. The first-order valence-corrected chi connectivity index (χ1v) is 10.5. The van der Waals surface area contributed by atoms with Crippen molar-refractivity contribution in [2.75, 3.05) is 5.32 Å². The van der Waals surface area contributed by atoms with Crippen molar-refractivity contribution in [3.05, 3.63) is 79.7 Å². The van der Waals surface area contributed by atoms with Gasteiger partial charge in [-0.25, -0.2) is 4.98 Å². The molecule has 2 amide bonds. The van der Waals surface area contributed by atoms with E-state index in [2.05, 4.69) is 15.6 Å². The van der Waals surface area contributed by atoms with E-state index in [-0.39, 0.29) is 5.91 Å². The number of rotatable bonds is 6. The molecule has 9 heteroatoms. The normalized spacial score (nSPS) is 11.7. The number of benzene rings is 2. The molecule has 29 heavy (non-hydrogen) atoms. The van der Waals surface area contributed by atoms with Crippen molar-refractivity contribution in [3.8, 4) is 0 Å². The standard InChI is InChI=1S/C20H16Cl3N3O2S/c1-11(25-19(28)15-4-2-3-5-16(15)22)18(27)26-20-24-10-14(29-20)8-12-6-7-13(21)9-17(12)23/h2-7,9-11H,8H2,1H3,(H,25,28)(H,24,26,27). The van der Waals surface area contributed by atoms with E-state index in [1.807, 2.05) is 6.07 Å². The second-order valence-electron chi connectivity index (χ2n) is 6.21. The van der Waals surface area contributed by atoms with Crippen LogP contribution in [0.4, 0.5) is 5.13 Å². The number of nitrogens with one attached hydrogen (secondary N) is 2. The van der Waals surface area contributed by atoms with Gasteiger partial charge in [0.2, 0.25) is 5.91 Å². The number of amides is 2. The summed E-state index contributed by atoms with van der Waals surface area (Å²) in [6.07, 6.45) is 2.25. The Kier molecular flexibility index (Phi) is 7.14. The molecule has 0 aliphatic carbocycles. The summed E-state index contributed by atoms with van der Waals surface area (Å²) in [4.78, 5) is 29.8. The monoisotopic (exact) mass is 467 g/mol. The van der Waals surface area contributed by atoms with Crippen molar-refractivity contribution in [3.63, 3.8) is 0 Å². The fraction of sp³-hybridized carbons (Fsp3) is 0.150. The summed E-state index contributed by atoms with van der Waals surface area (Å²) in [6, 6.07) is 11.2. The van der Waals surface area contributed by atoms with E-state index in [4.69, 9.17) is 34.8 Å². The fourth-order valence-corrected chi connectivity index (χ4v) is 4.03. The van der Waals surface area contributed by atoms with Crippen LogP contribution in [-0.2, 0) is 11.2 Å². The van der Waals surface area contributed by atoms with Crippen LogP contribution in [0.1, 0.15) is 27.7 Å². The second kappa shape index (κ2) is 9.59. The SMILES string of the molecule is CC(NC(=O)c1ccccc1Cl)C(=O)Nc1ncc(Cc2ccc(Cl)cc2Cl)s1. The van der Waals surface area contributed by atoms with Crippen LogP contribution < -0.4 is 10.6 Å². The summed E-state index contributed by atoms with van der Waals surface area (Å²) >= 11 is 19.5. The minimum Gasteiger partial charge on any atom is -0.340 e. The zero-order chi connectivity index (χ0) is 21.0. The largest absolute Gasteiger partial charge is 0.340 e. The molecule has 0 radical (unpaired) electrons. The van der Waals surface area contributed by atoms with Crippen LogP contribution in [0, 0.1) is 0 Å². The molecule has 0 aliphatic heterocycles. The van der Waals surface area contributed by atoms with Gasteiger partial charge in [0.05, 0.1) is 10.6 Å². The molecule has 3 aromatic rings. The summed E-state index contributed by atoms with van der Waals surface area (Å²) in [7, 11) is 0. The number of thiazole rings is 1. The molecule has 150 valence electrons. The number of aromatic nitrogens is 1. The topological polar surface area (TPSA) is 71.1 Å². The van der Waals surface area contributed by atoms with Crippen molar-refractivity contribution in [2.24, 2.45) is 0 Å². The van der Waals surface area contributed by atoms with Gasteiger partial charge in [0, 0.05) is 27.5 Å². The lowest BCUT2D eigenvalue weighted by Crippen LogP contribution is -2.41. The molecular formula is C20H16Cl3N3O2S. The van der Waals surface area contributed by atoms with E-state index in [1.54, 1.807) is 49.5 Å². The first-order chi connectivity index (χ1) is 13.8. The number of hydrogen-bond donors (Lipinski definition) is 2. The lowest BCUT2D eigenvalue weighted by Gasteiger charge is -2.13. The first kappa shape index (κ1) is 21.6. The molecule has 0 spiro atoms. The Morgan fingerprint density at radius 1 is 1.10 bits per heavy atom. The van der Waals surface area contributed by atoms with Crippen LogP contribution in [0.15, 0.2) is 48.7 Å². The number of carbonyl (C=O) groups excluding carboxylic acids is 2. The number of nitrogens with zero attached hydrogens (tertiary/aromatic N) is 1. The van der Waals surface area contributed by atoms with E-state index in [1.165, 1.54) is 11.3 Å². The van der Waals surface area contributed by atoms with Crippen molar-refractivity contribution >= 4 is 63.1 Å². The molecule has 3 rings (SSSR count). The van der Waals surface area contributed by atoms with Crippen molar-refractivity contribution in [1.82, 2.24) is 10.3 Å². The lowest BCUT2D eigenvalue weighted by atomic mass is 10.1. The summed E-state index contributed by atoms with van der Waals surface area (Å²) in [5.41, 5.74) is 1.23. The maximum absolute atomic E-state index is 12.4. The minimum atomic E-state index is -0.767. The van der Waals surface area contributed by atoms with E-state index in [0.717, 1.165) is 10.4 Å². The quantitative estimate of drug-likeness (QED) is 0.505. The molecular weight excluding hydrogens is 453 g/mol. The van der Waals surface area contributed by atoms with E-state index in [9.17, 15) is 9.59 Å². The lowest BCUT2D eigenvalue weighted by molar-refractivity contribution is -0.117. The minimum absolute atomic E-state index is 0.310. The number of hydrogen-bond acceptors (Lipinski definition) is 4. The molecule has 0 saturated heterocycles. The number of carbonyl (C=O) groups is 2. The Hall–Kier alpha value is -2.12. The molecule has 0 saturated carbocycles. The third-order valence-corrected chi connectivity index (χ3v) is 5.85. The molecule has 2 aromatic carbocycles. The van der Waals surface area contributed by atoms with Crippen molar-refractivity contribution < 1.29 is 9.59 Å². The van der Waals surface area contributed by atoms with E-state index >= 15 is 0 Å². The van der Waals surface area contributed by atoms with Gasteiger partial charge in [0.15, 0.2) is 5.13 Å². The zero-order valence-corrected chi connectivity index (χ0v) is 18.3. The van der Waals surface area contributed by atoms with Crippen LogP contribution in [-0.4, -0.2) is 22.8 Å².